The molecule has 0 fully saturated rings. The van der Waals surface area contributed by atoms with Gasteiger partial charge in [-0.15, -0.1) is 16.4 Å². The minimum Gasteiger partial charge on any atom is -0.465 e. The zero-order valence-electron chi connectivity index (χ0n) is 15.6. The Balaban J connectivity index is 1.69. The molecule has 0 aliphatic carbocycles. The molecule has 2 heterocycles. The van der Waals surface area contributed by atoms with Gasteiger partial charge in [0.1, 0.15) is 5.00 Å². The quantitative estimate of drug-likeness (QED) is 0.282. The second kappa shape index (κ2) is 9.40. The van der Waals surface area contributed by atoms with Crippen molar-refractivity contribution in [3.05, 3.63) is 49.2 Å². The molecule has 0 atom stereocenters. The van der Waals surface area contributed by atoms with Crippen molar-refractivity contribution in [2.24, 2.45) is 0 Å². The number of carbonyl (C=O) groups excluding carboxylic acids is 2. The number of nitrogens with zero attached hydrogens (tertiary/aromatic N) is 2. The first-order valence-electron chi connectivity index (χ1n) is 8.27. The summed E-state index contributed by atoms with van der Waals surface area (Å²) in [6.07, 6.45) is 0. The summed E-state index contributed by atoms with van der Waals surface area (Å²) in [4.78, 5) is 25.4. The first-order valence-corrected chi connectivity index (χ1v) is 11.7. The number of benzene rings is 1. The topological polar surface area (TPSA) is 73.2 Å². The maximum Gasteiger partial charge on any atom is 0.341 e. The molecule has 3 aromatic rings. The van der Waals surface area contributed by atoms with E-state index in [1.807, 2.05) is 26.0 Å². The maximum atomic E-state index is 12.4. The van der Waals surface area contributed by atoms with Gasteiger partial charge in [0.2, 0.25) is 5.91 Å². The highest BCUT2D eigenvalue weighted by Crippen LogP contribution is 2.33. The molecule has 1 aromatic carbocycles. The number of hydrogen-bond donors (Lipinski definition) is 1. The Morgan fingerprint density at radius 2 is 1.97 bits per heavy atom. The number of esters is 1. The van der Waals surface area contributed by atoms with Gasteiger partial charge in [0, 0.05) is 9.90 Å². The first-order chi connectivity index (χ1) is 13.8. The van der Waals surface area contributed by atoms with Gasteiger partial charge in [0.15, 0.2) is 8.29 Å². The second-order valence-corrected chi connectivity index (χ2v) is 10.3. The molecular weight excluding hydrogens is 470 g/mol. The predicted octanol–water partition coefficient (Wildman–Crippen LogP) is 5.51. The van der Waals surface area contributed by atoms with Crippen molar-refractivity contribution in [3.63, 3.8) is 0 Å². The van der Waals surface area contributed by atoms with Gasteiger partial charge < -0.3 is 10.1 Å². The van der Waals surface area contributed by atoms with Gasteiger partial charge in [-0.3, -0.25) is 4.79 Å². The number of aromatic nitrogens is 2. The van der Waals surface area contributed by atoms with E-state index in [-0.39, 0.29) is 11.7 Å². The molecule has 0 spiro atoms. The Hall–Kier alpha value is -1.72. The SMILES string of the molecule is COC(=O)c1c(NC(=O)CSc2nn(-c3ccc(Cl)cc3)c(=S)s2)sc(C)c1C. The lowest BCUT2D eigenvalue weighted by Gasteiger charge is -2.05. The third-order valence-corrected chi connectivity index (χ3v) is 7.70. The van der Waals surface area contributed by atoms with E-state index >= 15 is 0 Å². The van der Waals surface area contributed by atoms with E-state index in [4.69, 9.17) is 28.6 Å². The fourth-order valence-corrected chi connectivity index (χ4v) is 5.77. The number of methoxy groups -OCH3 is 1. The summed E-state index contributed by atoms with van der Waals surface area (Å²) in [5, 5.41) is 8.40. The molecule has 0 aliphatic rings. The summed E-state index contributed by atoms with van der Waals surface area (Å²) in [6, 6.07) is 7.19. The standard InChI is InChI=1S/C18H16ClN3O3S4/c1-9-10(2)28-15(14(9)16(24)25-3)20-13(23)8-27-17-21-22(18(26)29-17)12-6-4-11(19)5-7-12/h4-7H,8H2,1-3H3,(H,20,23). The van der Waals surface area contributed by atoms with E-state index in [9.17, 15) is 9.59 Å². The average Bonchev–Trinajstić information content (AvgIpc) is 3.19. The van der Waals surface area contributed by atoms with Crippen molar-refractivity contribution in [1.29, 1.82) is 0 Å². The molecule has 0 radical (unpaired) electrons. The number of amides is 1. The molecule has 1 amide bonds. The van der Waals surface area contributed by atoms with Crippen LogP contribution in [-0.4, -0.2) is 34.5 Å². The summed E-state index contributed by atoms with van der Waals surface area (Å²) in [5.74, 6) is -0.561. The number of halogens is 1. The van der Waals surface area contributed by atoms with Gasteiger partial charge >= 0.3 is 5.97 Å². The van der Waals surface area contributed by atoms with Gasteiger partial charge in [-0.25, -0.2) is 9.48 Å². The Kier molecular flexibility index (Phi) is 7.12. The number of ether oxygens (including phenoxy) is 1. The molecular formula is C18H16ClN3O3S4. The lowest BCUT2D eigenvalue weighted by molar-refractivity contribution is -0.113. The number of aryl methyl sites for hydroxylation is 1. The van der Waals surface area contributed by atoms with Gasteiger partial charge in [0.25, 0.3) is 0 Å². The zero-order valence-corrected chi connectivity index (χ0v) is 19.7. The highest BCUT2D eigenvalue weighted by molar-refractivity contribution is 8.01. The van der Waals surface area contributed by atoms with E-state index in [1.54, 1.807) is 16.8 Å². The minimum atomic E-state index is -0.463. The van der Waals surface area contributed by atoms with Crippen LogP contribution < -0.4 is 5.32 Å². The van der Waals surface area contributed by atoms with Gasteiger partial charge in [-0.1, -0.05) is 34.7 Å². The van der Waals surface area contributed by atoms with Gasteiger partial charge in [-0.05, 0) is 55.9 Å². The number of anilines is 1. The second-order valence-electron chi connectivity index (χ2n) is 5.84. The lowest BCUT2D eigenvalue weighted by atomic mass is 10.1. The number of nitrogens with one attached hydrogen (secondary N) is 1. The van der Waals surface area contributed by atoms with Crippen molar-refractivity contribution in [2.75, 3.05) is 18.2 Å². The molecule has 29 heavy (non-hydrogen) atoms. The Morgan fingerprint density at radius 1 is 1.28 bits per heavy atom. The number of hydrogen-bond acceptors (Lipinski definition) is 8. The monoisotopic (exact) mass is 485 g/mol. The van der Waals surface area contributed by atoms with E-state index in [0.29, 0.717) is 23.9 Å². The summed E-state index contributed by atoms with van der Waals surface area (Å²) in [5.41, 5.74) is 2.01. The Morgan fingerprint density at radius 3 is 2.62 bits per heavy atom. The number of carbonyl (C=O) groups is 2. The van der Waals surface area contributed by atoms with Gasteiger partial charge in [0.05, 0.1) is 24.1 Å². The number of rotatable bonds is 6. The highest BCUT2D eigenvalue weighted by atomic mass is 35.5. The normalized spacial score (nSPS) is 10.8. The van der Waals surface area contributed by atoms with Crippen molar-refractivity contribution in [2.45, 2.75) is 18.2 Å². The fraction of sp³-hybridized carbons (Fsp3) is 0.222. The van der Waals surface area contributed by atoms with Crippen LogP contribution in [0.3, 0.4) is 0 Å². The van der Waals surface area contributed by atoms with Crippen LogP contribution in [0, 0.1) is 17.8 Å². The van der Waals surface area contributed by atoms with Crippen molar-refractivity contribution in [3.8, 4) is 5.69 Å². The predicted molar refractivity (Wildman–Crippen MR) is 122 cm³/mol. The molecule has 11 heteroatoms. The molecule has 1 N–H and O–H groups in total. The van der Waals surface area contributed by atoms with Crippen LogP contribution in [0.25, 0.3) is 5.69 Å². The van der Waals surface area contributed by atoms with Crippen LogP contribution in [0.15, 0.2) is 28.6 Å². The summed E-state index contributed by atoms with van der Waals surface area (Å²) in [7, 11) is 1.32. The van der Waals surface area contributed by atoms with E-state index in [2.05, 4.69) is 10.4 Å². The summed E-state index contributed by atoms with van der Waals surface area (Å²) >= 11 is 15.2. The molecule has 6 nitrogen and oxygen atoms in total. The van der Waals surface area contributed by atoms with Crippen LogP contribution in [0.1, 0.15) is 20.8 Å². The third kappa shape index (κ3) is 5.07. The fourth-order valence-electron chi connectivity index (χ4n) is 2.42. The average molecular weight is 486 g/mol. The first kappa shape index (κ1) is 22.0. The van der Waals surface area contributed by atoms with Crippen LogP contribution in [0.2, 0.25) is 5.02 Å². The molecule has 152 valence electrons. The molecule has 0 aliphatic heterocycles. The highest BCUT2D eigenvalue weighted by Gasteiger charge is 2.21. The van der Waals surface area contributed by atoms with Crippen molar-refractivity contribution in [1.82, 2.24) is 9.78 Å². The van der Waals surface area contributed by atoms with Crippen LogP contribution >= 0.6 is 58.3 Å². The maximum absolute atomic E-state index is 12.4. The van der Waals surface area contributed by atoms with E-state index < -0.39 is 5.97 Å². The number of thiophene rings is 1. The lowest BCUT2D eigenvalue weighted by Crippen LogP contribution is -2.16. The van der Waals surface area contributed by atoms with Crippen LogP contribution in [0.5, 0.6) is 0 Å². The molecule has 0 saturated heterocycles. The van der Waals surface area contributed by atoms with Crippen molar-refractivity contribution >= 4 is 75.1 Å². The van der Waals surface area contributed by atoms with Crippen molar-refractivity contribution < 1.29 is 14.3 Å². The van der Waals surface area contributed by atoms with Gasteiger partial charge in [-0.2, -0.15) is 0 Å². The number of thioether (sulfide) groups is 1. The Labute approximate surface area is 189 Å². The molecule has 0 unspecified atom stereocenters. The summed E-state index contributed by atoms with van der Waals surface area (Å²) < 4.78 is 7.71. The zero-order chi connectivity index (χ0) is 21.1. The molecule has 2 aromatic heterocycles. The Bertz CT molecular complexity index is 1120. The molecule has 0 bridgehead atoms. The summed E-state index contributed by atoms with van der Waals surface area (Å²) in [6.45, 7) is 3.73. The smallest absolute Gasteiger partial charge is 0.341 e. The molecule has 3 rings (SSSR count). The van der Waals surface area contributed by atoms with Crippen LogP contribution in [-0.2, 0) is 9.53 Å². The largest absolute Gasteiger partial charge is 0.465 e. The molecule has 0 saturated carbocycles. The van der Waals surface area contributed by atoms with E-state index in [1.165, 1.54) is 41.5 Å². The minimum absolute atomic E-state index is 0.138. The third-order valence-electron chi connectivity index (χ3n) is 3.95. The van der Waals surface area contributed by atoms with E-state index in [0.717, 1.165) is 16.1 Å². The van der Waals surface area contributed by atoms with Crippen LogP contribution in [0.4, 0.5) is 5.00 Å².